The van der Waals surface area contributed by atoms with E-state index in [9.17, 15) is 4.79 Å². The Morgan fingerprint density at radius 3 is 2.87 bits per heavy atom. The summed E-state index contributed by atoms with van der Waals surface area (Å²) in [6.07, 6.45) is 0. The molecule has 5 nitrogen and oxygen atoms in total. The third-order valence-electron chi connectivity index (χ3n) is 2.07. The van der Waals surface area contributed by atoms with Crippen LogP contribution in [0.2, 0.25) is 0 Å². The molecule has 0 saturated heterocycles. The first-order valence-electron chi connectivity index (χ1n) is 4.33. The Bertz CT molecular complexity index is 527. The summed E-state index contributed by atoms with van der Waals surface area (Å²) < 4.78 is 10.0. The van der Waals surface area contributed by atoms with Crippen molar-refractivity contribution in [1.29, 1.82) is 0 Å². The molecule has 78 valence electrons. The Morgan fingerprint density at radius 1 is 1.47 bits per heavy atom. The molecular formula is C10H10N2O3. The van der Waals surface area contributed by atoms with Gasteiger partial charge in [-0.05, 0) is 12.1 Å². The van der Waals surface area contributed by atoms with Gasteiger partial charge in [-0.15, -0.1) is 0 Å². The largest absolute Gasteiger partial charge is 0.497 e. The number of benzene rings is 1. The number of methoxy groups -OCH3 is 1. The van der Waals surface area contributed by atoms with E-state index in [4.69, 9.17) is 15.0 Å². The van der Waals surface area contributed by atoms with E-state index in [1.54, 1.807) is 31.4 Å². The minimum absolute atomic E-state index is 0.0725. The minimum Gasteiger partial charge on any atom is -0.497 e. The summed E-state index contributed by atoms with van der Waals surface area (Å²) in [6, 6.07) is 7.11. The number of aromatic amines is 1. The molecule has 3 N–H and O–H groups in total. The lowest BCUT2D eigenvalue weighted by Crippen LogP contribution is -2.04. The zero-order valence-corrected chi connectivity index (χ0v) is 8.11. The molecule has 15 heavy (non-hydrogen) atoms. The molecule has 1 aromatic carbocycles. The first kappa shape index (κ1) is 9.39. The lowest BCUT2D eigenvalue weighted by atomic mass is 10.1. The summed E-state index contributed by atoms with van der Waals surface area (Å²) in [5, 5.41) is 2.18. The summed E-state index contributed by atoms with van der Waals surface area (Å²) in [7, 11) is 1.57. The molecule has 0 saturated carbocycles. The second-order valence-electron chi connectivity index (χ2n) is 3.01. The van der Waals surface area contributed by atoms with Crippen LogP contribution in [-0.2, 0) is 0 Å². The second-order valence-corrected chi connectivity index (χ2v) is 3.01. The molecule has 0 aliphatic rings. The maximum atomic E-state index is 11.1. The van der Waals surface area contributed by atoms with Gasteiger partial charge in [0.25, 0.3) is 0 Å². The van der Waals surface area contributed by atoms with Crippen LogP contribution in [0, 0.1) is 0 Å². The Labute approximate surface area is 85.4 Å². The fourth-order valence-electron chi connectivity index (χ4n) is 1.29. The number of hydrogen-bond acceptors (Lipinski definition) is 4. The lowest BCUT2D eigenvalue weighted by Gasteiger charge is -2.01. The van der Waals surface area contributed by atoms with Gasteiger partial charge in [-0.25, -0.2) is 0 Å². The van der Waals surface area contributed by atoms with E-state index in [1.807, 2.05) is 0 Å². The SMILES string of the molecule is COc1cccc(-c2o[nH]c(=O)c2N)c1. The first-order chi connectivity index (χ1) is 7.22. The number of rotatable bonds is 2. The summed E-state index contributed by atoms with van der Waals surface area (Å²) in [4.78, 5) is 11.1. The Morgan fingerprint density at radius 2 is 2.27 bits per heavy atom. The fourth-order valence-corrected chi connectivity index (χ4v) is 1.29. The topological polar surface area (TPSA) is 81.2 Å². The van der Waals surface area contributed by atoms with Crippen molar-refractivity contribution in [2.75, 3.05) is 12.8 Å². The highest BCUT2D eigenvalue weighted by atomic mass is 16.5. The standard InChI is InChI=1S/C10H10N2O3/c1-14-7-4-2-3-6(5-7)9-8(11)10(13)12-15-9/h2-5H,11H2,1H3,(H,12,13). The van der Waals surface area contributed by atoms with E-state index in [0.29, 0.717) is 17.1 Å². The number of hydrogen-bond donors (Lipinski definition) is 2. The summed E-state index contributed by atoms with van der Waals surface area (Å²) in [6.45, 7) is 0. The van der Waals surface area contributed by atoms with Gasteiger partial charge in [0.1, 0.15) is 11.4 Å². The maximum Gasteiger partial charge on any atom is 0.303 e. The van der Waals surface area contributed by atoms with Gasteiger partial charge in [-0.1, -0.05) is 12.1 Å². The zero-order chi connectivity index (χ0) is 10.8. The van der Waals surface area contributed by atoms with Crippen molar-refractivity contribution in [3.05, 3.63) is 34.6 Å². The monoisotopic (exact) mass is 206 g/mol. The van der Waals surface area contributed by atoms with E-state index in [-0.39, 0.29) is 5.69 Å². The average molecular weight is 206 g/mol. The third-order valence-corrected chi connectivity index (χ3v) is 2.07. The van der Waals surface area contributed by atoms with Crippen molar-refractivity contribution >= 4 is 5.69 Å². The predicted octanol–water partition coefficient (Wildman–Crippen LogP) is 1.23. The molecule has 2 aromatic rings. The molecule has 0 aliphatic carbocycles. The second kappa shape index (κ2) is 3.53. The molecule has 0 bridgehead atoms. The molecule has 0 radical (unpaired) electrons. The highest BCUT2D eigenvalue weighted by Crippen LogP contribution is 2.25. The number of aromatic nitrogens is 1. The van der Waals surface area contributed by atoms with Gasteiger partial charge in [-0.3, -0.25) is 4.79 Å². The molecule has 5 heteroatoms. The van der Waals surface area contributed by atoms with Crippen LogP contribution in [0.15, 0.2) is 33.6 Å². The van der Waals surface area contributed by atoms with E-state index < -0.39 is 5.56 Å². The Balaban J connectivity index is 2.54. The minimum atomic E-state index is -0.423. The third kappa shape index (κ3) is 1.59. The van der Waals surface area contributed by atoms with Crippen LogP contribution < -0.4 is 16.0 Å². The van der Waals surface area contributed by atoms with Crippen molar-refractivity contribution in [1.82, 2.24) is 5.16 Å². The summed E-state index contributed by atoms with van der Waals surface area (Å²) in [5.41, 5.74) is 5.90. The van der Waals surface area contributed by atoms with Crippen molar-refractivity contribution in [3.63, 3.8) is 0 Å². The normalized spacial score (nSPS) is 10.2. The van der Waals surface area contributed by atoms with Crippen LogP contribution in [0.4, 0.5) is 5.69 Å². The number of nitrogen functional groups attached to an aromatic ring is 1. The summed E-state index contributed by atoms with van der Waals surface area (Å²) >= 11 is 0. The van der Waals surface area contributed by atoms with Gasteiger partial charge in [-0.2, -0.15) is 5.16 Å². The van der Waals surface area contributed by atoms with E-state index >= 15 is 0 Å². The van der Waals surface area contributed by atoms with E-state index in [2.05, 4.69) is 5.16 Å². The number of anilines is 1. The molecule has 0 atom stereocenters. The predicted molar refractivity (Wildman–Crippen MR) is 55.7 cm³/mol. The quantitative estimate of drug-likeness (QED) is 0.774. The van der Waals surface area contributed by atoms with Crippen molar-refractivity contribution in [2.24, 2.45) is 0 Å². The van der Waals surface area contributed by atoms with Crippen LogP contribution in [0.25, 0.3) is 11.3 Å². The number of ether oxygens (including phenoxy) is 1. The molecule has 0 unspecified atom stereocenters. The van der Waals surface area contributed by atoms with Gasteiger partial charge < -0.3 is 15.0 Å². The fraction of sp³-hybridized carbons (Fsp3) is 0.100. The molecule has 0 fully saturated rings. The maximum absolute atomic E-state index is 11.1. The number of nitrogens with one attached hydrogen (secondary N) is 1. The van der Waals surface area contributed by atoms with Crippen molar-refractivity contribution in [2.45, 2.75) is 0 Å². The van der Waals surface area contributed by atoms with Crippen LogP contribution >= 0.6 is 0 Å². The highest BCUT2D eigenvalue weighted by Gasteiger charge is 2.11. The lowest BCUT2D eigenvalue weighted by molar-refractivity contribution is 0.412. The van der Waals surface area contributed by atoms with Crippen LogP contribution in [0.1, 0.15) is 0 Å². The number of nitrogens with two attached hydrogens (primary N) is 1. The average Bonchev–Trinajstić information content (AvgIpc) is 2.60. The molecule has 0 spiro atoms. The van der Waals surface area contributed by atoms with Gasteiger partial charge in [0, 0.05) is 5.56 Å². The van der Waals surface area contributed by atoms with Crippen molar-refractivity contribution < 1.29 is 9.26 Å². The van der Waals surface area contributed by atoms with Gasteiger partial charge in [0.15, 0.2) is 5.76 Å². The van der Waals surface area contributed by atoms with Gasteiger partial charge >= 0.3 is 5.56 Å². The molecule has 0 aliphatic heterocycles. The van der Waals surface area contributed by atoms with Gasteiger partial charge in [0.05, 0.1) is 7.11 Å². The van der Waals surface area contributed by atoms with Crippen LogP contribution in [0.3, 0.4) is 0 Å². The molecule has 2 rings (SSSR count). The van der Waals surface area contributed by atoms with E-state index in [0.717, 1.165) is 0 Å². The first-order valence-corrected chi connectivity index (χ1v) is 4.33. The smallest absolute Gasteiger partial charge is 0.303 e. The molecule has 1 heterocycles. The van der Waals surface area contributed by atoms with Crippen molar-refractivity contribution in [3.8, 4) is 17.1 Å². The molecular weight excluding hydrogens is 196 g/mol. The molecule has 0 amide bonds. The molecule has 1 aromatic heterocycles. The van der Waals surface area contributed by atoms with Gasteiger partial charge in [0.2, 0.25) is 0 Å². The number of H-pyrrole nitrogens is 1. The van der Waals surface area contributed by atoms with Crippen LogP contribution in [-0.4, -0.2) is 12.3 Å². The van der Waals surface area contributed by atoms with Crippen LogP contribution in [0.5, 0.6) is 5.75 Å². The highest BCUT2D eigenvalue weighted by molar-refractivity contribution is 5.70. The Hall–Kier alpha value is -2.17. The zero-order valence-electron chi connectivity index (χ0n) is 8.11. The van der Waals surface area contributed by atoms with E-state index in [1.165, 1.54) is 0 Å². The summed E-state index contributed by atoms with van der Waals surface area (Å²) in [5.74, 6) is 1.01. The Kier molecular flexibility index (Phi) is 2.21.